The van der Waals surface area contributed by atoms with Gasteiger partial charge < -0.3 is 4.52 Å². The lowest BCUT2D eigenvalue weighted by atomic mass is 10.1. The molecule has 2 heterocycles. The minimum Gasteiger partial charge on any atom is -0.360 e. The Kier molecular flexibility index (Phi) is 2.19. The van der Waals surface area contributed by atoms with Crippen LogP contribution in [-0.2, 0) is 13.0 Å². The Labute approximate surface area is 92.6 Å². The summed E-state index contributed by atoms with van der Waals surface area (Å²) in [7, 11) is 0. The Balaban J connectivity index is 1.88. The normalized spacial score (nSPS) is 15.6. The van der Waals surface area contributed by atoms with Crippen LogP contribution in [0.25, 0.3) is 0 Å². The molecule has 0 amide bonds. The fourth-order valence-corrected chi connectivity index (χ4v) is 1.93. The van der Waals surface area contributed by atoms with Crippen molar-refractivity contribution in [3.63, 3.8) is 0 Å². The molecule has 1 aliphatic carbocycles. The first-order chi connectivity index (χ1) is 7.88. The molecule has 0 radical (unpaired) electrons. The lowest BCUT2D eigenvalue weighted by Crippen LogP contribution is -2.03. The van der Waals surface area contributed by atoms with Gasteiger partial charge in [0.25, 0.3) is 0 Å². The van der Waals surface area contributed by atoms with Gasteiger partial charge in [0.15, 0.2) is 0 Å². The van der Waals surface area contributed by atoms with Gasteiger partial charge in [0.1, 0.15) is 17.8 Å². The molecule has 0 atom stereocenters. The fourth-order valence-electron chi connectivity index (χ4n) is 1.93. The molecule has 0 saturated heterocycles. The Bertz CT molecular complexity index is 471. The third kappa shape index (κ3) is 1.60. The van der Waals surface area contributed by atoms with Crippen LogP contribution >= 0.6 is 0 Å². The average Bonchev–Trinajstić information content (AvgIpc) is 2.87. The summed E-state index contributed by atoms with van der Waals surface area (Å²) in [5.74, 6) is 1.68. The largest absolute Gasteiger partial charge is 0.360 e. The molecule has 2 aromatic heterocycles. The van der Waals surface area contributed by atoms with Crippen molar-refractivity contribution in [2.24, 2.45) is 0 Å². The number of hydrogen-bond acceptors (Lipinski definition) is 5. The van der Waals surface area contributed by atoms with Crippen LogP contribution in [0.4, 0.5) is 0 Å². The molecule has 0 unspecified atom stereocenters. The Hall–Kier alpha value is -1.72. The zero-order chi connectivity index (χ0) is 11.0. The second-order valence-electron chi connectivity index (χ2n) is 4.11. The monoisotopic (exact) mass is 219 g/mol. The highest BCUT2D eigenvalue weighted by molar-refractivity contribution is 5.28. The van der Waals surface area contributed by atoms with Gasteiger partial charge >= 0.3 is 0 Å². The van der Waals surface area contributed by atoms with Gasteiger partial charge in [-0.05, 0) is 29.7 Å². The minimum atomic E-state index is 0.590. The predicted octanol–water partition coefficient (Wildman–Crippen LogP) is 1.15. The van der Waals surface area contributed by atoms with Crippen molar-refractivity contribution in [3.8, 4) is 0 Å². The SMILES string of the molecule is CCc1c(Cn2cnnn2)noc1C1CC1. The predicted molar refractivity (Wildman–Crippen MR) is 54.8 cm³/mol. The van der Waals surface area contributed by atoms with E-state index in [9.17, 15) is 0 Å². The van der Waals surface area contributed by atoms with E-state index in [2.05, 4.69) is 27.6 Å². The van der Waals surface area contributed by atoms with Gasteiger partial charge in [-0.2, -0.15) is 0 Å². The van der Waals surface area contributed by atoms with Crippen molar-refractivity contribution in [1.82, 2.24) is 25.4 Å². The minimum absolute atomic E-state index is 0.590. The molecule has 6 nitrogen and oxygen atoms in total. The van der Waals surface area contributed by atoms with E-state index in [1.54, 1.807) is 11.0 Å². The van der Waals surface area contributed by atoms with Gasteiger partial charge in [-0.1, -0.05) is 12.1 Å². The summed E-state index contributed by atoms with van der Waals surface area (Å²) >= 11 is 0. The maximum absolute atomic E-state index is 5.43. The van der Waals surface area contributed by atoms with Crippen molar-refractivity contribution in [1.29, 1.82) is 0 Å². The van der Waals surface area contributed by atoms with Crippen LogP contribution in [0.3, 0.4) is 0 Å². The summed E-state index contributed by atoms with van der Waals surface area (Å²) in [4.78, 5) is 0. The Morgan fingerprint density at radius 3 is 3.00 bits per heavy atom. The lowest BCUT2D eigenvalue weighted by Gasteiger charge is -1.99. The summed E-state index contributed by atoms with van der Waals surface area (Å²) in [6.45, 7) is 2.72. The molecular formula is C10H13N5O. The van der Waals surface area contributed by atoms with Crippen molar-refractivity contribution in [2.45, 2.75) is 38.6 Å². The number of tetrazole rings is 1. The maximum atomic E-state index is 5.43. The third-order valence-corrected chi connectivity index (χ3v) is 2.90. The van der Waals surface area contributed by atoms with Crippen LogP contribution in [0.1, 0.15) is 42.7 Å². The van der Waals surface area contributed by atoms with Crippen LogP contribution in [-0.4, -0.2) is 25.4 Å². The van der Waals surface area contributed by atoms with Gasteiger partial charge in [-0.3, -0.25) is 0 Å². The molecule has 1 aliphatic rings. The molecule has 0 spiro atoms. The van der Waals surface area contributed by atoms with Crippen LogP contribution in [0.5, 0.6) is 0 Å². The second kappa shape index (κ2) is 3.70. The van der Waals surface area contributed by atoms with Crippen molar-refractivity contribution < 1.29 is 4.52 Å². The lowest BCUT2D eigenvalue weighted by molar-refractivity contribution is 0.374. The molecule has 3 rings (SSSR count). The van der Waals surface area contributed by atoms with E-state index in [1.807, 2.05) is 0 Å². The molecule has 16 heavy (non-hydrogen) atoms. The smallest absolute Gasteiger partial charge is 0.143 e. The van der Waals surface area contributed by atoms with E-state index in [0.29, 0.717) is 12.5 Å². The fraction of sp³-hybridized carbons (Fsp3) is 0.600. The molecular weight excluding hydrogens is 206 g/mol. The number of rotatable bonds is 4. The second-order valence-corrected chi connectivity index (χ2v) is 4.11. The quantitative estimate of drug-likeness (QED) is 0.771. The van der Waals surface area contributed by atoms with Crippen molar-refractivity contribution >= 4 is 0 Å². The highest BCUT2D eigenvalue weighted by Crippen LogP contribution is 2.42. The van der Waals surface area contributed by atoms with E-state index in [0.717, 1.165) is 17.9 Å². The van der Waals surface area contributed by atoms with E-state index in [4.69, 9.17) is 4.52 Å². The summed E-state index contributed by atoms with van der Waals surface area (Å²) < 4.78 is 7.09. The van der Waals surface area contributed by atoms with Crippen LogP contribution < -0.4 is 0 Å². The number of aromatic nitrogens is 5. The van der Waals surface area contributed by atoms with E-state index in [1.165, 1.54) is 18.4 Å². The number of nitrogens with zero attached hydrogens (tertiary/aromatic N) is 5. The third-order valence-electron chi connectivity index (χ3n) is 2.90. The molecule has 1 saturated carbocycles. The molecule has 0 bridgehead atoms. The molecule has 0 N–H and O–H groups in total. The standard InChI is InChI=1S/C10H13N5O/c1-2-8-9(5-15-6-11-13-14-15)12-16-10(8)7-3-4-7/h6-7H,2-5H2,1H3. The van der Waals surface area contributed by atoms with Crippen LogP contribution in [0, 0.1) is 0 Å². The van der Waals surface area contributed by atoms with Gasteiger partial charge in [-0.15, -0.1) is 5.10 Å². The number of hydrogen-bond donors (Lipinski definition) is 0. The summed E-state index contributed by atoms with van der Waals surface area (Å²) in [5.41, 5.74) is 2.19. The van der Waals surface area contributed by atoms with Gasteiger partial charge in [-0.25, -0.2) is 4.68 Å². The molecule has 6 heteroatoms. The zero-order valence-corrected chi connectivity index (χ0v) is 9.13. The van der Waals surface area contributed by atoms with Gasteiger partial charge in [0, 0.05) is 11.5 Å². The first kappa shape index (κ1) is 9.50. The molecule has 0 aromatic carbocycles. The maximum Gasteiger partial charge on any atom is 0.143 e. The zero-order valence-electron chi connectivity index (χ0n) is 9.13. The molecule has 84 valence electrons. The average molecular weight is 219 g/mol. The highest BCUT2D eigenvalue weighted by atomic mass is 16.5. The van der Waals surface area contributed by atoms with Crippen LogP contribution in [0.2, 0.25) is 0 Å². The Morgan fingerprint density at radius 1 is 1.50 bits per heavy atom. The highest BCUT2D eigenvalue weighted by Gasteiger charge is 2.31. The summed E-state index contributed by atoms with van der Waals surface area (Å²) in [5, 5.41) is 15.2. The molecule has 1 fully saturated rings. The van der Waals surface area contributed by atoms with Crippen molar-refractivity contribution in [3.05, 3.63) is 23.3 Å². The van der Waals surface area contributed by atoms with Gasteiger partial charge in [0.05, 0.1) is 6.54 Å². The molecule has 0 aliphatic heterocycles. The van der Waals surface area contributed by atoms with E-state index >= 15 is 0 Å². The van der Waals surface area contributed by atoms with Gasteiger partial charge in [0.2, 0.25) is 0 Å². The topological polar surface area (TPSA) is 69.6 Å². The van der Waals surface area contributed by atoms with E-state index in [-0.39, 0.29) is 0 Å². The van der Waals surface area contributed by atoms with E-state index < -0.39 is 0 Å². The summed E-state index contributed by atoms with van der Waals surface area (Å²) in [6, 6.07) is 0. The molecule has 2 aromatic rings. The Morgan fingerprint density at radius 2 is 2.38 bits per heavy atom. The first-order valence-electron chi connectivity index (χ1n) is 5.56. The van der Waals surface area contributed by atoms with Crippen LogP contribution in [0.15, 0.2) is 10.9 Å². The first-order valence-corrected chi connectivity index (χ1v) is 5.56. The summed E-state index contributed by atoms with van der Waals surface area (Å²) in [6.07, 6.45) is 5.00. The van der Waals surface area contributed by atoms with Crippen molar-refractivity contribution in [2.75, 3.05) is 0 Å².